The summed E-state index contributed by atoms with van der Waals surface area (Å²) in [5.74, 6) is -0.269. The maximum atomic E-state index is 12.1. The Morgan fingerprint density at radius 2 is 1.86 bits per heavy atom. The van der Waals surface area contributed by atoms with Crippen LogP contribution in [0.4, 0.5) is 14.5 Å². The van der Waals surface area contributed by atoms with Crippen LogP contribution in [0.3, 0.4) is 0 Å². The standard InChI is InChI=1S/C13H16F2N2O3.ClH/c14-12(15)20-10-3-1-9(2-4-10)17-11(18)13(16)5-7-19-8-6-13;/h1-4,12H,5-8,16H2,(H,17,18);1H. The zero-order valence-electron chi connectivity index (χ0n) is 11.2. The van der Waals surface area contributed by atoms with Gasteiger partial charge in [-0.15, -0.1) is 12.4 Å². The van der Waals surface area contributed by atoms with Crippen molar-refractivity contribution in [1.82, 2.24) is 0 Å². The fraction of sp³-hybridized carbons (Fsp3) is 0.462. The van der Waals surface area contributed by atoms with Crippen molar-refractivity contribution in [2.45, 2.75) is 25.0 Å². The minimum Gasteiger partial charge on any atom is -0.435 e. The van der Waals surface area contributed by atoms with E-state index in [0.29, 0.717) is 31.7 Å². The van der Waals surface area contributed by atoms with E-state index in [2.05, 4.69) is 10.1 Å². The Labute approximate surface area is 127 Å². The van der Waals surface area contributed by atoms with Crippen molar-refractivity contribution in [1.29, 1.82) is 0 Å². The molecule has 0 aromatic heterocycles. The number of carbonyl (C=O) groups is 1. The molecule has 2 rings (SSSR count). The van der Waals surface area contributed by atoms with E-state index in [1.165, 1.54) is 24.3 Å². The van der Waals surface area contributed by atoms with E-state index >= 15 is 0 Å². The normalized spacial score (nSPS) is 17.0. The van der Waals surface area contributed by atoms with Crippen LogP contribution >= 0.6 is 12.4 Å². The van der Waals surface area contributed by atoms with Crippen LogP contribution in [0.1, 0.15) is 12.8 Å². The molecule has 8 heteroatoms. The molecule has 1 amide bonds. The summed E-state index contributed by atoms with van der Waals surface area (Å²) < 4.78 is 33.4. The van der Waals surface area contributed by atoms with E-state index in [4.69, 9.17) is 10.5 Å². The highest BCUT2D eigenvalue weighted by atomic mass is 35.5. The van der Waals surface area contributed by atoms with Gasteiger partial charge in [0, 0.05) is 18.9 Å². The maximum absolute atomic E-state index is 12.1. The number of halogens is 3. The van der Waals surface area contributed by atoms with Gasteiger partial charge in [-0.25, -0.2) is 0 Å². The third kappa shape index (κ3) is 4.80. The summed E-state index contributed by atoms with van der Waals surface area (Å²) >= 11 is 0. The highest BCUT2D eigenvalue weighted by Gasteiger charge is 2.35. The Morgan fingerprint density at radius 1 is 1.29 bits per heavy atom. The Morgan fingerprint density at radius 3 is 2.38 bits per heavy atom. The van der Waals surface area contributed by atoms with E-state index < -0.39 is 12.2 Å². The van der Waals surface area contributed by atoms with Crippen molar-refractivity contribution >= 4 is 24.0 Å². The number of rotatable bonds is 4. The molecule has 5 nitrogen and oxygen atoms in total. The minimum atomic E-state index is -2.87. The highest BCUT2D eigenvalue weighted by Crippen LogP contribution is 2.22. The maximum Gasteiger partial charge on any atom is 0.387 e. The van der Waals surface area contributed by atoms with Gasteiger partial charge in [-0.1, -0.05) is 0 Å². The second-order valence-electron chi connectivity index (χ2n) is 4.63. The smallest absolute Gasteiger partial charge is 0.387 e. The van der Waals surface area contributed by atoms with Gasteiger partial charge >= 0.3 is 6.61 Å². The van der Waals surface area contributed by atoms with Crippen LogP contribution in [0.5, 0.6) is 5.75 Å². The van der Waals surface area contributed by atoms with Crippen molar-refractivity contribution in [3.05, 3.63) is 24.3 Å². The number of amides is 1. The molecule has 1 aromatic rings. The number of alkyl halides is 2. The van der Waals surface area contributed by atoms with Crippen LogP contribution in [-0.2, 0) is 9.53 Å². The van der Waals surface area contributed by atoms with Gasteiger partial charge in [-0.3, -0.25) is 4.79 Å². The molecular weight excluding hydrogens is 306 g/mol. The summed E-state index contributed by atoms with van der Waals surface area (Å²) in [6.07, 6.45) is 0.900. The van der Waals surface area contributed by atoms with Crippen molar-refractivity contribution in [2.24, 2.45) is 5.73 Å². The number of carbonyl (C=O) groups excluding carboxylic acids is 1. The van der Waals surface area contributed by atoms with Crippen molar-refractivity contribution in [3.8, 4) is 5.75 Å². The summed E-state index contributed by atoms with van der Waals surface area (Å²) in [6, 6.07) is 5.68. The number of anilines is 1. The number of hydrogen-bond donors (Lipinski definition) is 2. The highest BCUT2D eigenvalue weighted by molar-refractivity contribution is 5.98. The molecule has 0 atom stereocenters. The predicted molar refractivity (Wildman–Crippen MR) is 75.9 cm³/mol. The van der Waals surface area contributed by atoms with Gasteiger partial charge in [-0.05, 0) is 37.1 Å². The summed E-state index contributed by atoms with van der Waals surface area (Å²) in [5, 5.41) is 2.67. The van der Waals surface area contributed by atoms with Crippen LogP contribution in [0.15, 0.2) is 24.3 Å². The van der Waals surface area contributed by atoms with Gasteiger partial charge in [0.2, 0.25) is 5.91 Å². The Bertz CT molecular complexity index is 465. The van der Waals surface area contributed by atoms with Crippen molar-refractivity contribution in [3.63, 3.8) is 0 Å². The average Bonchev–Trinajstić information content (AvgIpc) is 2.41. The van der Waals surface area contributed by atoms with E-state index in [9.17, 15) is 13.6 Å². The van der Waals surface area contributed by atoms with Crippen LogP contribution in [0, 0.1) is 0 Å². The number of nitrogens with one attached hydrogen (secondary N) is 1. The number of hydrogen-bond acceptors (Lipinski definition) is 4. The first-order valence-electron chi connectivity index (χ1n) is 6.22. The Balaban J connectivity index is 0.00000220. The lowest BCUT2D eigenvalue weighted by Gasteiger charge is -2.31. The fourth-order valence-corrected chi connectivity index (χ4v) is 1.94. The first kappa shape index (κ1) is 17.6. The number of nitrogens with two attached hydrogens (primary N) is 1. The van der Waals surface area contributed by atoms with E-state index in [-0.39, 0.29) is 24.1 Å². The van der Waals surface area contributed by atoms with Gasteiger partial charge in [0.25, 0.3) is 0 Å². The number of ether oxygens (including phenoxy) is 2. The van der Waals surface area contributed by atoms with Gasteiger partial charge in [0.1, 0.15) is 11.3 Å². The van der Waals surface area contributed by atoms with Crippen LogP contribution < -0.4 is 15.8 Å². The lowest BCUT2D eigenvalue weighted by atomic mass is 9.90. The van der Waals surface area contributed by atoms with Crippen LogP contribution in [0.2, 0.25) is 0 Å². The fourth-order valence-electron chi connectivity index (χ4n) is 1.94. The molecule has 1 heterocycles. The molecule has 0 spiro atoms. The predicted octanol–water partition coefficient (Wildman–Crippen LogP) is 2.16. The number of benzene rings is 1. The van der Waals surface area contributed by atoms with Crippen LogP contribution in [-0.4, -0.2) is 31.3 Å². The molecule has 1 saturated heterocycles. The third-order valence-corrected chi connectivity index (χ3v) is 3.17. The lowest BCUT2D eigenvalue weighted by Crippen LogP contribution is -2.54. The van der Waals surface area contributed by atoms with E-state index in [0.717, 1.165) is 0 Å². The molecule has 3 N–H and O–H groups in total. The zero-order valence-corrected chi connectivity index (χ0v) is 12.0. The first-order valence-corrected chi connectivity index (χ1v) is 6.22. The van der Waals surface area contributed by atoms with Gasteiger partial charge in [0.15, 0.2) is 0 Å². The molecule has 0 bridgehead atoms. The molecule has 0 saturated carbocycles. The molecule has 0 aliphatic carbocycles. The van der Waals surface area contributed by atoms with E-state index in [1.54, 1.807) is 0 Å². The summed E-state index contributed by atoms with van der Waals surface area (Å²) in [6.45, 7) is -1.97. The third-order valence-electron chi connectivity index (χ3n) is 3.17. The molecule has 1 fully saturated rings. The minimum absolute atomic E-state index is 0. The monoisotopic (exact) mass is 322 g/mol. The lowest BCUT2D eigenvalue weighted by molar-refractivity contribution is -0.124. The zero-order chi connectivity index (χ0) is 14.6. The van der Waals surface area contributed by atoms with Gasteiger partial charge in [0.05, 0.1) is 0 Å². The second kappa shape index (κ2) is 7.53. The van der Waals surface area contributed by atoms with Gasteiger partial charge < -0.3 is 20.5 Å². The SMILES string of the molecule is Cl.NC1(C(=O)Nc2ccc(OC(F)F)cc2)CCOCC1. The van der Waals surface area contributed by atoms with E-state index in [1.807, 2.05) is 0 Å². The van der Waals surface area contributed by atoms with Crippen molar-refractivity contribution in [2.75, 3.05) is 18.5 Å². The molecular formula is C13H17ClF2N2O3. The van der Waals surface area contributed by atoms with Crippen molar-refractivity contribution < 1.29 is 23.0 Å². The average molecular weight is 323 g/mol. The Hall–Kier alpha value is -1.44. The molecule has 1 aliphatic rings. The first-order chi connectivity index (χ1) is 9.49. The second-order valence-corrected chi connectivity index (χ2v) is 4.63. The summed E-state index contributed by atoms with van der Waals surface area (Å²) in [7, 11) is 0. The molecule has 1 aliphatic heterocycles. The summed E-state index contributed by atoms with van der Waals surface area (Å²) in [5.41, 5.74) is 5.56. The molecule has 0 unspecified atom stereocenters. The largest absolute Gasteiger partial charge is 0.435 e. The van der Waals surface area contributed by atoms with Crippen LogP contribution in [0.25, 0.3) is 0 Å². The molecule has 21 heavy (non-hydrogen) atoms. The van der Waals surface area contributed by atoms with Gasteiger partial charge in [-0.2, -0.15) is 8.78 Å². The summed E-state index contributed by atoms with van der Waals surface area (Å²) in [4.78, 5) is 12.1. The quantitative estimate of drug-likeness (QED) is 0.891. The molecule has 1 aromatic carbocycles. The molecule has 118 valence electrons. The molecule has 0 radical (unpaired) electrons. The topological polar surface area (TPSA) is 73.6 Å². The Kier molecular flexibility index (Phi) is 6.32.